The topological polar surface area (TPSA) is 91.3 Å². The third kappa shape index (κ3) is 27.1. The fraction of sp³-hybridized carbons (Fsp3) is 0.909. The van der Waals surface area contributed by atoms with Crippen LogP contribution in [0.2, 0.25) is 0 Å². The molecule has 178 valence electrons. The van der Waals surface area contributed by atoms with Gasteiger partial charge < -0.3 is 14.2 Å². The summed E-state index contributed by atoms with van der Waals surface area (Å²) in [5.74, 6) is 3.02. The van der Waals surface area contributed by atoms with Crippen molar-refractivity contribution in [2.75, 3.05) is 39.6 Å². The second-order valence-corrected chi connectivity index (χ2v) is 8.33. The Morgan fingerprint density at radius 2 is 1.13 bits per heavy atom. The third-order valence-corrected chi connectivity index (χ3v) is 4.93. The summed E-state index contributed by atoms with van der Waals surface area (Å²) in [7, 11) is -4.39. The van der Waals surface area contributed by atoms with E-state index in [0.717, 1.165) is 12.8 Å². The quantitative estimate of drug-likeness (QED) is 0.142. The highest BCUT2D eigenvalue weighted by Gasteiger charge is 2.02. The van der Waals surface area contributed by atoms with Gasteiger partial charge in [-0.1, -0.05) is 83.5 Å². The summed E-state index contributed by atoms with van der Waals surface area (Å²) in [6.45, 7) is 3.58. The molecule has 0 fully saturated rings. The van der Waals surface area contributed by atoms with Crippen molar-refractivity contribution >= 4 is 10.4 Å². The van der Waals surface area contributed by atoms with E-state index in [0.29, 0.717) is 26.4 Å². The molecule has 0 heterocycles. The second-order valence-electron chi connectivity index (χ2n) is 7.24. The molecule has 0 saturated carbocycles. The van der Waals surface area contributed by atoms with Gasteiger partial charge in [0.1, 0.15) is 12.7 Å². The van der Waals surface area contributed by atoms with Crippen LogP contribution in [0.1, 0.15) is 90.4 Å². The molecular weight excluding hydrogens is 408 g/mol. The summed E-state index contributed by atoms with van der Waals surface area (Å²) in [5, 5.41) is 0. The van der Waals surface area contributed by atoms with Crippen LogP contribution >= 0.6 is 0 Å². The summed E-state index contributed by atoms with van der Waals surface area (Å²) in [4.78, 5) is 0. The van der Waals surface area contributed by atoms with E-state index in [1.807, 2.05) is 0 Å². The Hall–Kier alpha value is -0.850. The maximum Gasteiger partial charge on any atom is 0.397 e. The Labute approximate surface area is 184 Å². The molecule has 0 aromatic rings. The van der Waals surface area contributed by atoms with Gasteiger partial charge in [0.25, 0.3) is 0 Å². The molecule has 0 amide bonds. The molecule has 0 rings (SSSR count). The van der Waals surface area contributed by atoms with Crippen molar-refractivity contribution in [2.24, 2.45) is 0 Å². The molecule has 0 aliphatic heterocycles. The zero-order chi connectivity index (χ0) is 22.2. The Balaban J connectivity index is 3.15. The van der Waals surface area contributed by atoms with Crippen LogP contribution < -0.4 is 0 Å². The molecule has 0 aliphatic carbocycles. The van der Waals surface area contributed by atoms with Crippen molar-refractivity contribution in [3.8, 4) is 12.0 Å². The molecular formula is C22H42O7S. The van der Waals surface area contributed by atoms with E-state index in [4.69, 9.17) is 18.8 Å². The maximum absolute atomic E-state index is 10.3. The molecule has 0 aliphatic rings. The molecule has 8 heteroatoms. The van der Waals surface area contributed by atoms with Crippen LogP contribution in [-0.2, 0) is 28.8 Å². The van der Waals surface area contributed by atoms with E-state index in [2.05, 4.69) is 23.1 Å². The van der Waals surface area contributed by atoms with Crippen LogP contribution in [-0.4, -0.2) is 52.6 Å². The van der Waals surface area contributed by atoms with Crippen LogP contribution in [0.4, 0.5) is 0 Å². The first-order valence-corrected chi connectivity index (χ1v) is 12.8. The lowest BCUT2D eigenvalue weighted by atomic mass is 10.0. The highest BCUT2D eigenvalue weighted by molar-refractivity contribution is 7.80. The molecule has 0 radical (unpaired) electrons. The highest BCUT2D eigenvalue weighted by Crippen LogP contribution is 2.12. The monoisotopic (exact) mass is 450 g/mol. The van der Waals surface area contributed by atoms with Crippen LogP contribution in [0, 0.1) is 12.0 Å². The number of rotatable bonds is 22. The molecule has 1 N–H and O–H groups in total. The lowest BCUT2D eigenvalue weighted by Gasteiger charge is -2.04. The van der Waals surface area contributed by atoms with E-state index in [1.54, 1.807) is 0 Å². The molecule has 0 bridgehead atoms. The lowest BCUT2D eigenvalue weighted by Crippen LogP contribution is -2.13. The van der Waals surface area contributed by atoms with Gasteiger partial charge in [-0.3, -0.25) is 4.55 Å². The minimum Gasteiger partial charge on any atom is -0.444 e. The summed E-state index contributed by atoms with van der Waals surface area (Å²) in [5.41, 5.74) is 0. The molecule has 0 unspecified atom stereocenters. The van der Waals surface area contributed by atoms with E-state index in [9.17, 15) is 8.42 Å². The van der Waals surface area contributed by atoms with Gasteiger partial charge in [-0.05, 0) is 6.42 Å². The Morgan fingerprint density at radius 3 is 1.67 bits per heavy atom. The van der Waals surface area contributed by atoms with Gasteiger partial charge >= 0.3 is 10.4 Å². The number of unbranched alkanes of at least 4 members (excludes halogenated alkanes) is 12. The summed E-state index contributed by atoms with van der Waals surface area (Å²) in [6.07, 6.45) is 19.7. The predicted octanol–water partition coefficient (Wildman–Crippen LogP) is 4.91. The molecule has 0 saturated heterocycles. The van der Waals surface area contributed by atoms with Crippen LogP contribution in [0.25, 0.3) is 0 Å². The van der Waals surface area contributed by atoms with E-state index < -0.39 is 10.4 Å². The van der Waals surface area contributed by atoms with Gasteiger partial charge in [-0.25, -0.2) is 4.18 Å². The molecule has 0 atom stereocenters. The van der Waals surface area contributed by atoms with E-state index >= 15 is 0 Å². The fourth-order valence-corrected chi connectivity index (χ4v) is 3.11. The van der Waals surface area contributed by atoms with Crippen molar-refractivity contribution in [1.82, 2.24) is 0 Å². The SMILES string of the molecule is CCCCCCCCCCCCCCC#COCCOCCOCCOS(=O)(=O)O. The van der Waals surface area contributed by atoms with Crippen LogP contribution in [0.15, 0.2) is 0 Å². The summed E-state index contributed by atoms with van der Waals surface area (Å²) in [6, 6.07) is 0. The van der Waals surface area contributed by atoms with Crippen molar-refractivity contribution in [2.45, 2.75) is 90.4 Å². The number of hydrogen-bond donors (Lipinski definition) is 1. The van der Waals surface area contributed by atoms with Crippen molar-refractivity contribution in [3.63, 3.8) is 0 Å². The molecule has 0 aromatic heterocycles. The average Bonchev–Trinajstić information content (AvgIpc) is 2.70. The smallest absolute Gasteiger partial charge is 0.397 e. The lowest BCUT2D eigenvalue weighted by molar-refractivity contribution is 0.0241. The van der Waals surface area contributed by atoms with Crippen molar-refractivity contribution in [3.05, 3.63) is 0 Å². The predicted molar refractivity (Wildman–Crippen MR) is 119 cm³/mol. The number of ether oxygens (including phenoxy) is 3. The van der Waals surface area contributed by atoms with Gasteiger partial charge in [0.2, 0.25) is 0 Å². The molecule has 0 spiro atoms. The third-order valence-electron chi connectivity index (χ3n) is 4.46. The van der Waals surface area contributed by atoms with Crippen LogP contribution in [0.3, 0.4) is 0 Å². The molecule has 0 aromatic carbocycles. The first kappa shape index (κ1) is 29.1. The summed E-state index contributed by atoms with van der Waals surface area (Å²) >= 11 is 0. The zero-order valence-electron chi connectivity index (χ0n) is 18.7. The molecule has 30 heavy (non-hydrogen) atoms. The maximum atomic E-state index is 10.3. The zero-order valence-corrected chi connectivity index (χ0v) is 19.6. The van der Waals surface area contributed by atoms with Crippen molar-refractivity contribution in [1.29, 1.82) is 0 Å². The minimum absolute atomic E-state index is 0.0598. The largest absolute Gasteiger partial charge is 0.444 e. The van der Waals surface area contributed by atoms with Gasteiger partial charge in [-0.2, -0.15) is 8.42 Å². The average molecular weight is 451 g/mol. The fourth-order valence-electron chi connectivity index (χ4n) is 2.83. The number of hydrogen-bond acceptors (Lipinski definition) is 6. The first-order valence-electron chi connectivity index (χ1n) is 11.4. The van der Waals surface area contributed by atoms with E-state index in [1.165, 1.54) is 70.6 Å². The van der Waals surface area contributed by atoms with Crippen molar-refractivity contribution < 1.29 is 31.4 Å². The first-order chi connectivity index (χ1) is 14.6. The van der Waals surface area contributed by atoms with Gasteiger partial charge in [0.05, 0.1) is 33.0 Å². The normalized spacial score (nSPS) is 11.3. The summed E-state index contributed by atoms with van der Waals surface area (Å²) < 4.78 is 48.5. The van der Waals surface area contributed by atoms with Gasteiger partial charge in [-0.15, -0.1) is 0 Å². The Morgan fingerprint density at radius 1 is 0.667 bits per heavy atom. The second kappa shape index (κ2) is 22.8. The minimum atomic E-state index is -4.39. The van der Waals surface area contributed by atoms with E-state index in [-0.39, 0.29) is 13.2 Å². The standard InChI is InChI=1S/C22H42O7S/c1-2-3-4-5-6-7-8-9-10-11-12-13-14-15-16-26-17-18-27-19-20-28-21-22-29-30(23,24)25/h2-14,17-22H2,1H3,(H,23,24,25). The Kier molecular flexibility index (Phi) is 22.2. The Bertz CT molecular complexity index is 511. The van der Waals surface area contributed by atoms with Gasteiger partial charge in [0, 0.05) is 6.42 Å². The highest BCUT2D eigenvalue weighted by atomic mass is 32.3. The molecule has 7 nitrogen and oxygen atoms in total. The van der Waals surface area contributed by atoms with Crippen LogP contribution in [0.5, 0.6) is 0 Å². The van der Waals surface area contributed by atoms with Gasteiger partial charge in [0.15, 0.2) is 0 Å².